The van der Waals surface area contributed by atoms with Crippen LogP contribution in [0.5, 0.6) is 5.88 Å². The number of pyridine rings is 1. The van der Waals surface area contributed by atoms with Crippen LogP contribution in [0.2, 0.25) is 0 Å². The van der Waals surface area contributed by atoms with Gasteiger partial charge >= 0.3 is 0 Å². The molecule has 0 aliphatic carbocycles. The molecule has 2 rings (SSSR count). The Kier molecular flexibility index (Phi) is 4.13. The van der Waals surface area contributed by atoms with Crippen molar-refractivity contribution in [3.05, 3.63) is 35.8 Å². The maximum atomic E-state index is 9.68. The van der Waals surface area contributed by atoms with Crippen LogP contribution in [-0.2, 0) is 21.1 Å². The molecule has 0 amide bonds. The number of nitrogens with zero attached hydrogens (tertiary/aromatic N) is 3. The number of aromatic nitrogens is 3. The van der Waals surface area contributed by atoms with Gasteiger partial charge < -0.3 is 5.11 Å². The summed E-state index contributed by atoms with van der Waals surface area (Å²) in [5.41, 5.74) is 2.39. The largest absolute Gasteiger partial charge is 0.493 e. The molecule has 2 aromatic rings. The Hall–Kier alpha value is -1.28. The number of hydrogen-bond acceptors (Lipinski definition) is 4. The van der Waals surface area contributed by atoms with Gasteiger partial charge in [0.1, 0.15) is 0 Å². The van der Waals surface area contributed by atoms with Crippen LogP contribution in [0.15, 0.2) is 24.5 Å². The SMILES string of the molecule is Cc1cc(-c2ncccn2)c(O)nc1C.[Pt]. The molecule has 0 radical (unpaired) electrons. The van der Waals surface area contributed by atoms with Gasteiger partial charge in [0, 0.05) is 39.2 Å². The molecule has 1 N–H and O–H groups in total. The zero-order valence-corrected chi connectivity index (χ0v) is 11.2. The number of rotatable bonds is 1. The summed E-state index contributed by atoms with van der Waals surface area (Å²) in [5, 5.41) is 9.68. The summed E-state index contributed by atoms with van der Waals surface area (Å²) in [6.07, 6.45) is 3.27. The van der Waals surface area contributed by atoms with Crippen LogP contribution in [0.1, 0.15) is 11.3 Å². The molecule has 0 aromatic carbocycles. The maximum Gasteiger partial charge on any atom is 0.222 e. The van der Waals surface area contributed by atoms with Gasteiger partial charge in [-0.15, -0.1) is 0 Å². The van der Waals surface area contributed by atoms with Gasteiger partial charge in [-0.05, 0) is 31.5 Å². The van der Waals surface area contributed by atoms with Crippen molar-refractivity contribution in [3.63, 3.8) is 0 Å². The summed E-state index contributed by atoms with van der Waals surface area (Å²) in [5.74, 6) is 0.468. The van der Waals surface area contributed by atoms with Crippen LogP contribution >= 0.6 is 0 Å². The molecule has 2 heterocycles. The minimum absolute atomic E-state index is 0. The van der Waals surface area contributed by atoms with E-state index < -0.39 is 0 Å². The van der Waals surface area contributed by atoms with E-state index in [4.69, 9.17) is 0 Å². The van der Waals surface area contributed by atoms with E-state index in [-0.39, 0.29) is 26.9 Å². The predicted octanol–water partition coefficient (Wildman–Crippen LogP) is 1.86. The first-order valence-corrected chi connectivity index (χ1v) is 4.63. The van der Waals surface area contributed by atoms with E-state index in [2.05, 4.69) is 15.0 Å². The van der Waals surface area contributed by atoms with Crippen LogP contribution in [0.4, 0.5) is 0 Å². The molecule has 0 spiro atoms. The predicted molar refractivity (Wildman–Crippen MR) is 56.4 cm³/mol. The van der Waals surface area contributed by atoms with Gasteiger partial charge in [-0.1, -0.05) is 0 Å². The third kappa shape index (κ3) is 2.45. The molecule has 0 fully saturated rings. The Morgan fingerprint density at radius 3 is 2.38 bits per heavy atom. The monoisotopic (exact) mass is 396 g/mol. The Bertz CT molecular complexity index is 488. The minimum Gasteiger partial charge on any atom is -0.493 e. The van der Waals surface area contributed by atoms with E-state index in [0.717, 1.165) is 11.3 Å². The van der Waals surface area contributed by atoms with E-state index in [0.29, 0.717) is 11.4 Å². The van der Waals surface area contributed by atoms with Crippen molar-refractivity contribution in [2.24, 2.45) is 0 Å². The number of aromatic hydroxyl groups is 1. The van der Waals surface area contributed by atoms with Crippen molar-refractivity contribution in [2.45, 2.75) is 13.8 Å². The molecule has 86 valence electrons. The first-order chi connectivity index (χ1) is 7.18. The van der Waals surface area contributed by atoms with Gasteiger partial charge in [-0.25, -0.2) is 15.0 Å². The van der Waals surface area contributed by atoms with Crippen molar-refractivity contribution in [3.8, 4) is 17.3 Å². The quantitative estimate of drug-likeness (QED) is 0.800. The fourth-order valence-electron chi connectivity index (χ4n) is 1.30. The molecule has 0 aliphatic heterocycles. The Balaban J connectivity index is 0.00000128. The summed E-state index contributed by atoms with van der Waals surface area (Å²) in [7, 11) is 0. The summed E-state index contributed by atoms with van der Waals surface area (Å²) in [6, 6.07) is 3.57. The van der Waals surface area contributed by atoms with Crippen molar-refractivity contribution in [1.82, 2.24) is 15.0 Å². The fraction of sp³-hybridized carbons (Fsp3) is 0.182. The first-order valence-electron chi connectivity index (χ1n) is 4.63. The smallest absolute Gasteiger partial charge is 0.222 e. The van der Waals surface area contributed by atoms with Crippen LogP contribution in [0, 0.1) is 13.8 Å². The van der Waals surface area contributed by atoms with Gasteiger partial charge in [-0.2, -0.15) is 0 Å². The third-order valence-corrected chi connectivity index (χ3v) is 2.25. The topological polar surface area (TPSA) is 58.9 Å². The summed E-state index contributed by atoms with van der Waals surface area (Å²) in [4.78, 5) is 12.2. The van der Waals surface area contributed by atoms with E-state index in [1.807, 2.05) is 19.9 Å². The minimum atomic E-state index is -0.0238. The zero-order chi connectivity index (χ0) is 10.8. The second-order valence-electron chi connectivity index (χ2n) is 3.33. The molecule has 0 unspecified atom stereocenters. The molecule has 4 nitrogen and oxygen atoms in total. The van der Waals surface area contributed by atoms with Crippen LogP contribution in [0.25, 0.3) is 11.4 Å². The second-order valence-corrected chi connectivity index (χ2v) is 3.33. The third-order valence-electron chi connectivity index (χ3n) is 2.25. The van der Waals surface area contributed by atoms with E-state index in [9.17, 15) is 5.11 Å². The van der Waals surface area contributed by atoms with Crippen LogP contribution in [0.3, 0.4) is 0 Å². The standard InChI is InChI=1S/C11H11N3O.Pt/c1-7-6-9(11(15)14-8(7)2)10-12-4-3-5-13-10;/h3-6H,1-2H3,(H,14,15);. The van der Waals surface area contributed by atoms with Gasteiger partial charge in [0.2, 0.25) is 5.88 Å². The Labute approximate surface area is 108 Å². The average Bonchev–Trinajstić information content (AvgIpc) is 2.25. The normalized spacial score (nSPS) is 9.62. The molecule has 0 aliphatic rings. The number of hydrogen-bond donors (Lipinski definition) is 1. The molecule has 0 bridgehead atoms. The first kappa shape index (κ1) is 12.8. The molecule has 0 atom stereocenters. The molecular formula is C11H11N3OPt. The molecule has 16 heavy (non-hydrogen) atoms. The van der Waals surface area contributed by atoms with Crippen molar-refractivity contribution in [1.29, 1.82) is 0 Å². The number of aryl methyl sites for hydroxylation is 2. The van der Waals surface area contributed by atoms with Gasteiger partial charge in [0.25, 0.3) is 0 Å². The maximum absolute atomic E-state index is 9.68. The average molecular weight is 396 g/mol. The Morgan fingerprint density at radius 1 is 1.12 bits per heavy atom. The van der Waals surface area contributed by atoms with E-state index in [1.54, 1.807) is 18.5 Å². The zero-order valence-electron chi connectivity index (χ0n) is 8.91. The van der Waals surface area contributed by atoms with Crippen molar-refractivity contribution in [2.75, 3.05) is 0 Å². The van der Waals surface area contributed by atoms with Crippen molar-refractivity contribution >= 4 is 0 Å². The summed E-state index contributed by atoms with van der Waals surface area (Å²) >= 11 is 0. The van der Waals surface area contributed by atoms with Crippen LogP contribution < -0.4 is 0 Å². The second kappa shape index (κ2) is 5.17. The van der Waals surface area contributed by atoms with E-state index >= 15 is 0 Å². The molecule has 2 aromatic heterocycles. The molecular weight excluding hydrogens is 385 g/mol. The van der Waals surface area contributed by atoms with Gasteiger partial charge in [0.15, 0.2) is 5.82 Å². The molecule has 0 saturated heterocycles. The van der Waals surface area contributed by atoms with Gasteiger partial charge in [0.05, 0.1) is 5.56 Å². The molecule has 0 saturated carbocycles. The van der Waals surface area contributed by atoms with Gasteiger partial charge in [-0.3, -0.25) is 0 Å². The molecule has 5 heteroatoms. The summed E-state index contributed by atoms with van der Waals surface area (Å²) in [6.45, 7) is 3.79. The van der Waals surface area contributed by atoms with E-state index in [1.165, 1.54) is 0 Å². The van der Waals surface area contributed by atoms with Crippen LogP contribution in [-0.4, -0.2) is 20.1 Å². The Morgan fingerprint density at radius 2 is 1.75 bits per heavy atom. The summed E-state index contributed by atoms with van der Waals surface area (Å²) < 4.78 is 0. The van der Waals surface area contributed by atoms with Crippen molar-refractivity contribution < 1.29 is 26.2 Å². The fourth-order valence-corrected chi connectivity index (χ4v) is 1.30.